The average molecular weight is 161 g/mol. The Hall–Kier alpha value is -0.350. The van der Waals surface area contributed by atoms with Gasteiger partial charge in [0.2, 0.25) is 10.0 Å². The number of allylic oxidation sites excluding steroid dienone is 1. The second-order valence-corrected chi connectivity index (χ2v) is 4.68. The van der Waals surface area contributed by atoms with Crippen molar-refractivity contribution >= 4 is 10.0 Å². The summed E-state index contributed by atoms with van der Waals surface area (Å²) in [4.78, 5) is 0. The van der Waals surface area contributed by atoms with Gasteiger partial charge in [0.1, 0.15) is 0 Å². The molecule has 1 rings (SSSR count). The van der Waals surface area contributed by atoms with E-state index in [-0.39, 0.29) is 0 Å². The molecular formula is C6H11NO2S. The smallest absolute Gasteiger partial charge is 0.215 e. The van der Waals surface area contributed by atoms with Gasteiger partial charge in [0.15, 0.2) is 0 Å². The zero-order valence-corrected chi connectivity index (χ0v) is 6.52. The Morgan fingerprint density at radius 2 is 2.10 bits per heavy atom. The molecule has 0 aromatic heterocycles. The van der Waals surface area contributed by atoms with E-state index in [0.717, 1.165) is 0 Å². The van der Waals surface area contributed by atoms with Gasteiger partial charge in [-0.05, 0) is 19.3 Å². The average Bonchev–Trinajstić information content (AvgIpc) is 2.45. The fourth-order valence-corrected chi connectivity index (χ4v) is 2.03. The van der Waals surface area contributed by atoms with E-state index in [2.05, 4.69) is 6.58 Å². The highest BCUT2D eigenvalue weighted by molar-refractivity contribution is 7.90. The van der Waals surface area contributed by atoms with Crippen LogP contribution in [0.5, 0.6) is 0 Å². The van der Waals surface area contributed by atoms with Gasteiger partial charge in [0.25, 0.3) is 0 Å². The molecule has 1 aliphatic rings. The molecule has 0 spiro atoms. The van der Waals surface area contributed by atoms with Crippen LogP contribution in [0.3, 0.4) is 0 Å². The van der Waals surface area contributed by atoms with Crippen LogP contribution in [0.15, 0.2) is 12.7 Å². The zero-order chi connectivity index (χ0) is 7.83. The van der Waals surface area contributed by atoms with Gasteiger partial charge in [-0.15, -0.1) is 6.58 Å². The Labute approximate surface area is 61.0 Å². The monoisotopic (exact) mass is 161 g/mol. The number of hydrogen-bond acceptors (Lipinski definition) is 2. The molecule has 2 N–H and O–H groups in total. The molecule has 0 unspecified atom stereocenters. The summed E-state index contributed by atoms with van der Waals surface area (Å²) in [5, 5.41) is 4.99. The van der Waals surface area contributed by atoms with Crippen molar-refractivity contribution in [2.75, 3.05) is 0 Å². The van der Waals surface area contributed by atoms with Gasteiger partial charge in [-0.3, -0.25) is 0 Å². The molecule has 0 saturated heterocycles. The van der Waals surface area contributed by atoms with Crippen molar-refractivity contribution in [2.24, 2.45) is 5.14 Å². The van der Waals surface area contributed by atoms with Crippen LogP contribution in [0.2, 0.25) is 0 Å². The molecule has 0 aliphatic heterocycles. The van der Waals surface area contributed by atoms with Gasteiger partial charge in [-0.2, -0.15) is 0 Å². The molecule has 0 bridgehead atoms. The summed E-state index contributed by atoms with van der Waals surface area (Å²) in [7, 11) is -3.32. The van der Waals surface area contributed by atoms with E-state index in [1.54, 1.807) is 6.08 Å². The number of hydrogen-bond donors (Lipinski definition) is 1. The number of sulfonamides is 1. The first-order valence-corrected chi connectivity index (χ1v) is 4.70. The standard InChI is InChI=1S/C6H11NO2S/c1-2-3-6(4-5-6)10(7,8)9/h2H,1,3-5H2,(H2,7,8,9). The maximum Gasteiger partial charge on any atom is 0.215 e. The van der Waals surface area contributed by atoms with Crippen molar-refractivity contribution in [3.63, 3.8) is 0 Å². The lowest BCUT2D eigenvalue weighted by Gasteiger charge is -2.07. The second-order valence-electron chi connectivity index (χ2n) is 2.72. The third kappa shape index (κ3) is 1.09. The Bertz CT molecular complexity index is 238. The van der Waals surface area contributed by atoms with E-state index in [9.17, 15) is 8.42 Å². The Morgan fingerprint density at radius 1 is 1.60 bits per heavy atom. The minimum atomic E-state index is -3.32. The molecule has 0 aromatic rings. The number of primary sulfonamides is 1. The maximum absolute atomic E-state index is 10.8. The van der Waals surface area contributed by atoms with Gasteiger partial charge in [-0.1, -0.05) is 6.08 Å². The van der Waals surface area contributed by atoms with Crippen LogP contribution in [-0.2, 0) is 10.0 Å². The lowest BCUT2D eigenvalue weighted by atomic mass is 10.3. The molecule has 1 saturated carbocycles. The summed E-state index contributed by atoms with van der Waals surface area (Å²) in [6.45, 7) is 3.48. The van der Waals surface area contributed by atoms with Crippen LogP contribution in [0.25, 0.3) is 0 Å². The van der Waals surface area contributed by atoms with E-state index in [0.29, 0.717) is 19.3 Å². The van der Waals surface area contributed by atoms with E-state index in [1.165, 1.54) is 0 Å². The predicted octanol–water partition coefficient (Wildman–Crippen LogP) is 0.384. The van der Waals surface area contributed by atoms with E-state index in [4.69, 9.17) is 5.14 Å². The molecule has 1 aliphatic carbocycles. The van der Waals surface area contributed by atoms with Crippen molar-refractivity contribution in [3.8, 4) is 0 Å². The summed E-state index contributed by atoms with van der Waals surface area (Å²) >= 11 is 0. The van der Waals surface area contributed by atoms with Gasteiger partial charge in [0.05, 0.1) is 4.75 Å². The molecule has 58 valence electrons. The molecule has 0 heterocycles. The third-order valence-corrected chi connectivity index (χ3v) is 3.71. The highest BCUT2D eigenvalue weighted by Crippen LogP contribution is 2.45. The molecule has 0 aromatic carbocycles. The van der Waals surface area contributed by atoms with Crippen molar-refractivity contribution in [1.29, 1.82) is 0 Å². The fraction of sp³-hybridized carbons (Fsp3) is 0.667. The maximum atomic E-state index is 10.8. The Morgan fingerprint density at radius 3 is 2.20 bits per heavy atom. The van der Waals surface area contributed by atoms with Crippen LogP contribution in [0, 0.1) is 0 Å². The zero-order valence-electron chi connectivity index (χ0n) is 5.71. The molecule has 4 heteroatoms. The molecule has 10 heavy (non-hydrogen) atoms. The van der Waals surface area contributed by atoms with Crippen molar-refractivity contribution in [3.05, 3.63) is 12.7 Å². The third-order valence-electron chi connectivity index (χ3n) is 1.93. The van der Waals surface area contributed by atoms with Crippen LogP contribution < -0.4 is 5.14 Å². The van der Waals surface area contributed by atoms with Gasteiger partial charge in [-0.25, -0.2) is 13.6 Å². The highest BCUT2D eigenvalue weighted by Gasteiger charge is 2.51. The minimum absolute atomic E-state index is 0.492. The largest absolute Gasteiger partial charge is 0.228 e. The molecule has 1 fully saturated rings. The topological polar surface area (TPSA) is 60.2 Å². The normalized spacial score (nSPS) is 22.1. The van der Waals surface area contributed by atoms with E-state index < -0.39 is 14.8 Å². The van der Waals surface area contributed by atoms with Crippen LogP contribution in [0.1, 0.15) is 19.3 Å². The lowest BCUT2D eigenvalue weighted by Crippen LogP contribution is -2.29. The van der Waals surface area contributed by atoms with Crippen LogP contribution >= 0.6 is 0 Å². The van der Waals surface area contributed by atoms with Gasteiger partial charge in [0, 0.05) is 0 Å². The summed E-state index contributed by atoms with van der Waals surface area (Å²) in [6.07, 6.45) is 3.49. The predicted molar refractivity (Wildman–Crippen MR) is 39.9 cm³/mol. The molecule has 3 nitrogen and oxygen atoms in total. The van der Waals surface area contributed by atoms with Crippen molar-refractivity contribution in [2.45, 2.75) is 24.0 Å². The van der Waals surface area contributed by atoms with E-state index >= 15 is 0 Å². The Kier molecular flexibility index (Phi) is 1.60. The van der Waals surface area contributed by atoms with Gasteiger partial charge >= 0.3 is 0 Å². The van der Waals surface area contributed by atoms with Crippen molar-refractivity contribution < 1.29 is 8.42 Å². The quantitative estimate of drug-likeness (QED) is 0.608. The highest BCUT2D eigenvalue weighted by atomic mass is 32.2. The number of nitrogens with two attached hydrogens (primary N) is 1. The first-order chi connectivity index (χ1) is 4.52. The first kappa shape index (κ1) is 7.75. The summed E-state index contributed by atoms with van der Waals surface area (Å²) in [5.41, 5.74) is 0. The van der Waals surface area contributed by atoms with E-state index in [1.807, 2.05) is 0 Å². The molecule has 0 radical (unpaired) electrons. The summed E-state index contributed by atoms with van der Waals surface area (Å²) < 4.78 is 21.0. The van der Waals surface area contributed by atoms with Crippen LogP contribution in [-0.4, -0.2) is 13.2 Å². The SMILES string of the molecule is C=CCC1(S(N)(=O)=O)CC1. The lowest BCUT2D eigenvalue weighted by molar-refractivity contribution is 0.578. The van der Waals surface area contributed by atoms with Crippen LogP contribution in [0.4, 0.5) is 0 Å². The second kappa shape index (κ2) is 2.07. The molecule has 0 atom stereocenters. The molecular weight excluding hydrogens is 150 g/mol. The fourth-order valence-electron chi connectivity index (χ4n) is 1.01. The first-order valence-electron chi connectivity index (χ1n) is 3.15. The minimum Gasteiger partial charge on any atom is -0.228 e. The summed E-state index contributed by atoms with van der Waals surface area (Å²) in [5.74, 6) is 0. The Balaban J connectivity index is 2.80. The molecule has 0 amide bonds. The summed E-state index contributed by atoms with van der Waals surface area (Å²) in [6, 6.07) is 0. The van der Waals surface area contributed by atoms with Gasteiger partial charge < -0.3 is 0 Å². The number of rotatable bonds is 3. The van der Waals surface area contributed by atoms with Crippen molar-refractivity contribution in [1.82, 2.24) is 0 Å².